The first-order chi connectivity index (χ1) is 8.41. The predicted octanol–water partition coefficient (Wildman–Crippen LogP) is -0.0632. The molecule has 0 aromatic rings. The number of nitrogens with one attached hydrogen (secondary N) is 1. The largest absolute Gasteiger partial charge is 0.396 e. The summed E-state index contributed by atoms with van der Waals surface area (Å²) in [5, 5.41) is 11.3. The lowest BCUT2D eigenvalue weighted by Crippen LogP contribution is -2.33. The monoisotopic (exact) mass is 280 g/mol. The molecule has 0 fully saturated rings. The zero-order chi connectivity index (χ0) is 14.0. The number of nitrogens with zero attached hydrogens (tertiary/aromatic N) is 1. The second-order valence-electron chi connectivity index (χ2n) is 4.14. The lowest BCUT2D eigenvalue weighted by Gasteiger charge is -2.17. The molecule has 0 aliphatic rings. The number of amides is 1. The van der Waals surface area contributed by atoms with Gasteiger partial charge in [0.15, 0.2) is 0 Å². The van der Waals surface area contributed by atoms with Gasteiger partial charge in [-0.15, -0.1) is 0 Å². The van der Waals surface area contributed by atoms with Crippen molar-refractivity contribution in [3.05, 3.63) is 0 Å². The Morgan fingerprint density at radius 1 is 1.28 bits per heavy atom. The van der Waals surface area contributed by atoms with Gasteiger partial charge in [-0.2, -0.15) is 0 Å². The highest BCUT2D eigenvalue weighted by Crippen LogP contribution is 1.98. The van der Waals surface area contributed by atoms with Crippen LogP contribution in [0.15, 0.2) is 0 Å². The second-order valence-corrected chi connectivity index (χ2v) is 6.12. The fourth-order valence-electron chi connectivity index (χ4n) is 1.53. The fourth-order valence-corrected chi connectivity index (χ4v) is 2.46. The van der Waals surface area contributed by atoms with E-state index in [9.17, 15) is 13.2 Å². The lowest BCUT2D eigenvalue weighted by molar-refractivity contribution is -0.121. The molecular formula is C11H24N2O4S. The van der Waals surface area contributed by atoms with E-state index >= 15 is 0 Å². The van der Waals surface area contributed by atoms with Gasteiger partial charge in [0.25, 0.3) is 0 Å². The van der Waals surface area contributed by atoms with Crippen molar-refractivity contribution in [2.45, 2.75) is 32.6 Å². The highest BCUT2D eigenvalue weighted by molar-refractivity contribution is 7.88. The van der Waals surface area contributed by atoms with Gasteiger partial charge in [0, 0.05) is 32.7 Å². The number of carbonyl (C=O) groups is 1. The normalized spacial score (nSPS) is 11.8. The summed E-state index contributed by atoms with van der Waals surface area (Å²) >= 11 is 0. The lowest BCUT2D eigenvalue weighted by atomic mass is 10.2. The van der Waals surface area contributed by atoms with E-state index in [1.165, 1.54) is 10.6 Å². The van der Waals surface area contributed by atoms with Crippen molar-refractivity contribution in [3.8, 4) is 0 Å². The summed E-state index contributed by atoms with van der Waals surface area (Å²) < 4.78 is 23.9. The van der Waals surface area contributed by atoms with Gasteiger partial charge in [0.05, 0.1) is 6.26 Å². The zero-order valence-electron chi connectivity index (χ0n) is 11.2. The van der Waals surface area contributed by atoms with Crippen molar-refractivity contribution in [2.24, 2.45) is 0 Å². The molecule has 6 nitrogen and oxygen atoms in total. The van der Waals surface area contributed by atoms with Crippen molar-refractivity contribution in [1.29, 1.82) is 0 Å². The average molecular weight is 280 g/mol. The van der Waals surface area contributed by atoms with Gasteiger partial charge in [-0.3, -0.25) is 4.79 Å². The Morgan fingerprint density at radius 3 is 2.44 bits per heavy atom. The molecule has 0 aliphatic carbocycles. The highest BCUT2D eigenvalue weighted by Gasteiger charge is 2.13. The van der Waals surface area contributed by atoms with Gasteiger partial charge in [0.1, 0.15) is 0 Å². The smallest absolute Gasteiger partial charge is 0.219 e. The minimum atomic E-state index is -3.14. The first kappa shape index (κ1) is 17.3. The van der Waals surface area contributed by atoms with Crippen LogP contribution in [0.1, 0.15) is 32.6 Å². The van der Waals surface area contributed by atoms with Crippen LogP contribution in [-0.4, -0.2) is 56.2 Å². The molecule has 0 atom stereocenters. The SMILES string of the molecule is CCN(CCCNC(=O)CCCCO)S(C)(=O)=O. The van der Waals surface area contributed by atoms with Crippen LogP contribution in [-0.2, 0) is 14.8 Å². The summed E-state index contributed by atoms with van der Waals surface area (Å²) in [6.45, 7) is 3.24. The molecule has 0 unspecified atom stereocenters. The van der Waals surface area contributed by atoms with Gasteiger partial charge in [-0.05, 0) is 19.3 Å². The number of hydrogen-bond donors (Lipinski definition) is 2. The van der Waals surface area contributed by atoms with Crippen LogP contribution in [0.2, 0.25) is 0 Å². The molecule has 2 N–H and O–H groups in total. The minimum Gasteiger partial charge on any atom is -0.396 e. The highest BCUT2D eigenvalue weighted by atomic mass is 32.2. The predicted molar refractivity (Wildman–Crippen MR) is 70.7 cm³/mol. The topological polar surface area (TPSA) is 86.7 Å². The molecule has 0 saturated carbocycles. The summed E-state index contributed by atoms with van der Waals surface area (Å²) in [5.74, 6) is -0.0501. The van der Waals surface area contributed by atoms with E-state index in [4.69, 9.17) is 5.11 Å². The Balaban J connectivity index is 3.69. The Labute approximate surface area is 109 Å². The standard InChI is InChI=1S/C11H24N2O4S/c1-3-13(18(2,16)17)9-6-8-12-11(15)7-4-5-10-14/h14H,3-10H2,1-2H3,(H,12,15). The zero-order valence-corrected chi connectivity index (χ0v) is 12.0. The van der Waals surface area contributed by atoms with Crippen LogP contribution < -0.4 is 5.32 Å². The molecule has 18 heavy (non-hydrogen) atoms. The van der Waals surface area contributed by atoms with E-state index in [-0.39, 0.29) is 12.5 Å². The molecule has 0 bridgehead atoms. The fraction of sp³-hybridized carbons (Fsp3) is 0.909. The molecule has 7 heteroatoms. The molecule has 0 rings (SSSR count). The first-order valence-electron chi connectivity index (χ1n) is 6.24. The van der Waals surface area contributed by atoms with E-state index in [0.29, 0.717) is 45.3 Å². The summed E-state index contributed by atoms with van der Waals surface area (Å²) in [7, 11) is -3.14. The third-order valence-electron chi connectivity index (χ3n) is 2.54. The molecule has 0 radical (unpaired) electrons. The maximum Gasteiger partial charge on any atom is 0.219 e. The molecule has 0 saturated heterocycles. The summed E-state index contributed by atoms with van der Waals surface area (Å²) in [6.07, 6.45) is 3.50. The molecule has 0 heterocycles. The summed E-state index contributed by atoms with van der Waals surface area (Å²) in [5.41, 5.74) is 0. The molecular weight excluding hydrogens is 256 g/mol. The number of carbonyl (C=O) groups excluding carboxylic acids is 1. The Hall–Kier alpha value is -0.660. The summed E-state index contributed by atoms with van der Waals surface area (Å²) in [4.78, 5) is 11.3. The number of unbranched alkanes of at least 4 members (excludes halogenated alkanes) is 1. The number of aliphatic hydroxyl groups excluding tert-OH is 1. The van der Waals surface area contributed by atoms with Crippen molar-refractivity contribution < 1.29 is 18.3 Å². The maximum atomic E-state index is 11.3. The number of rotatable bonds is 10. The van der Waals surface area contributed by atoms with E-state index in [0.717, 1.165) is 0 Å². The minimum absolute atomic E-state index is 0.0501. The molecule has 0 spiro atoms. The summed E-state index contributed by atoms with van der Waals surface area (Å²) in [6, 6.07) is 0. The van der Waals surface area contributed by atoms with E-state index in [1.54, 1.807) is 6.92 Å². The third kappa shape index (κ3) is 8.43. The molecule has 1 amide bonds. The van der Waals surface area contributed by atoms with Gasteiger partial charge in [-0.25, -0.2) is 12.7 Å². The van der Waals surface area contributed by atoms with Gasteiger partial charge < -0.3 is 10.4 Å². The van der Waals surface area contributed by atoms with Gasteiger partial charge >= 0.3 is 0 Å². The van der Waals surface area contributed by atoms with Gasteiger partial charge in [-0.1, -0.05) is 6.92 Å². The molecule has 0 aromatic heterocycles. The second kappa shape index (κ2) is 9.29. The van der Waals surface area contributed by atoms with Crippen LogP contribution in [0.5, 0.6) is 0 Å². The van der Waals surface area contributed by atoms with Crippen LogP contribution in [0.25, 0.3) is 0 Å². The van der Waals surface area contributed by atoms with Crippen molar-refractivity contribution >= 4 is 15.9 Å². The van der Waals surface area contributed by atoms with E-state index < -0.39 is 10.0 Å². The van der Waals surface area contributed by atoms with Crippen LogP contribution in [0.4, 0.5) is 0 Å². The maximum absolute atomic E-state index is 11.3. The average Bonchev–Trinajstić information content (AvgIpc) is 2.27. The van der Waals surface area contributed by atoms with Crippen LogP contribution in [0.3, 0.4) is 0 Å². The third-order valence-corrected chi connectivity index (χ3v) is 3.92. The van der Waals surface area contributed by atoms with Crippen LogP contribution >= 0.6 is 0 Å². The number of aliphatic hydroxyl groups is 1. The first-order valence-corrected chi connectivity index (χ1v) is 8.09. The quantitative estimate of drug-likeness (QED) is 0.549. The number of hydrogen-bond acceptors (Lipinski definition) is 4. The Morgan fingerprint density at radius 2 is 1.94 bits per heavy atom. The van der Waals surface area contributed by atoms with Crippen molar-refractivity contribution in [3.63, 3.8) is 0 Å². The van der Waals surface area contributed by atoms with Crippen molar-refractivity contribution in [1.82, 2.24) is 9.62 Å². The van der Waals surface area contributed by atoms with Crippen molar-refractivity contribution in [2.75, 3.05) is 32.5 Å². The van der Waals surface area contributed by atoms with E-state index in [2.05, 4.69) is 5.32 Å². The molecule has 0 aliphatic heterocycles. The molecule has 108 valence electrons. The van der Waals surface area contributed by atoms with Gasteiger partial charge in [0.2, 0.25) is 15.9 Å². The van der Waals surface area contributed by atoms with Crippen LogP contribution in [0, 0.1) is 0 Å². The Bertz CT molecular complexity index is 330. The van der Waals surface area contributed by atoms with E-state index in [1.807, 2.05) is 0 Å². The molecule has 0 aromatic carbocycles. The number of sulfonamides is 1. The Kier molecular flexibility index (Phi) is 8.95.